The Balaban J connectivity index is 2.42. The SMILES string of the molecule is COCCC(C)Oc1cccc(CNCC(C)C)c1. The molecule has 0 bridgehead atoms. The van der Waals surface area contributed by atoms with Gasteiger partial charge in [-0.25, -0.2) is 0 Å². The molecule has 3 heteroatoms. The van der Waals surface area contributed by atoms with Crippen molar-refractivity contribution in [1.29, 1.82) is 0 Å². The zero-order valence-corrected chi connectivity index (χ0v) is 12.6. The van der Waals surface area contributed by atoms with Crippen LogP contribution in [0.5, 0.6) is 5.75 Å². The van der Waals surface area contributed by atoms with E-state index in [-0.39, 0.29) is 6.10 Å². The lowest BCUT2D eigenvalue weighted by Crippen LogP contribution is -2.19. The van der Waals surface area contributed by atoms with Gasteiger partial charge in [-0.15, -0.1) is 0 Å². The fourth-order valence-corrected chi connectivity index (χ4v) is 1.81. The van der Waals surface area contributed by atoms with Gasteiger partial charge in [0.15, 0.2) is 0 Å². The van der Waals surface area contributed by atoms with Gasteiger partial charge in [0, 0.05) is 26.7 Å². The monoisotopic (exact) mass is 265 g/mol. The molecule has 1 unspecified atom stereocenters. The summed E-state index contributed by atoms with van der Waals surface area (Å²) in [6, 6.07) is 8.29. The summed E-state index contributed by atoms with van der Waals surface area (Å²) in [5, 5.41) is 3.44. The number of methoxy groups -OCH3 is 1. The summed E-state index contributed by atoms with van der Waals surface area (Å²) in [6.45, 7) is 9.16. The van der Waals surface area contributed by atoms with Crippen molar-refractivity contribution < 1.29 is 9.47 Å². The Labute approximate surface area is 117 Å². The molecule has 19 heavy (non-hydrogen) atoms. The van der Waals surface area contributed by atoms with Gasteiger partial charge in [0.05, 0.1) is 6.10 Å². The van der Waals surface area contributed by atoms with Gasteiger partial charge in [0.2, 0.25) is 0 Å². The van der Waals surface area contributed by atoms with E-state index >= 15 is 0 Å². The van der Waals surface area contributed by atoms with Crippen molar-refractivity contribution >= 4 is 0 Å². The van der Waals surface area contributed by atoms with E-state index in [0.29, 0.717) is 5.92 Å². The van der Waals surface area contributed by atoms with Crippen LogP contribution in [0.4, 0.5) is 0 Å². The molecule has 1 aromatic carbocycles. The Kier molecular flexibility index (Phi) is 7.53. The minimum atomic E-state index is 0.179. The first-order valence-corrected chi connectivity index (χ1v) is 7.07. The van der Waals surface area contributed by atoms with Crippen LogP contribution in [-0.2, 0) is 11.3 Å². The van der Waals surface area contributed by atoms with E-state index in [1.54, 1.807) is 7.11 Å². The average Bonchev–Trinajstić information content (AvgIpc) is 2.36. The molecule has 0 spiro atoms. The quantitative estimate of drug-likeness (QED) is 0.743. The molecule has 0 amide bonds. The normalized spacial score (nSPS) is 12.7. The van der Waals surface area contributed by atoms with Gasteiger partial charge < -0.3 is 14.8 Å². The van der Waals surface area contributed by atoms with Crippen LogP contribution in [0.25, 0.3) is 0 Å². The minimum absolute atomic E-state index is 0.179. The van der Waals surface area contributed by atoms with Crippen LogP contribution in [0.1, 0.15) is 32.8 Å². The van der Waals surface area contributed by atoms with Crippen LogP contribution in [-0.4, -0.2) is 26.4 Å². The van der Waals surface area contributed by atoms with E-state index in [4.69, 9.17) is 9.47 Å². The predicted molar refractivity (Wildman–Crippen MR) is 79.6 cm³/mol. The molecule has 0 heterocycles. The number of hydrogen-bond acceptors (Lipinski definition) is 3. The highest BCUT2D eigenvalue weighted by atomic mass is 16.5. The Morgan fingerprint density at radius 2 is 2.00 bits per heavy atom. The highest BCUT2D eigenvalue weighted by Crippen LogP contribution is 2.16. The largest absolute Gasteiger partial charge is 0.491 e. The summed E-state index contributed by atoms with van der Waals surface area (Å²) in [4.78, 5) is 0. The van der Waals surface area contributed by atoms with Crippen molar-refractivity contribution in [3.05, 3.63) is 29.8 Å². The molecular weight excluding hydrogens is 238 g/mol. The van der Waals surface area contributed by atoms with Crippen LogP contribution in [0.15, 0.2) is 24.3 Å². The number of benzene rings is 1. The van der Waals surface area contributed by atoms with Crippen molar-refractivity contribution in [2.75, 3.05) is 20.3 Å². The van der Waals surface area contributed by atoms with E-state index < -0.39 is 0 Å². The number of hydrogen-bond donors (Lipinski definition) is 1. The van der Waals surface area contributed by atoms with E-state index in [1.807, 2.05) is 12.1 Å². The van der Waals surface area contributed by atoms with Gasteiger partial charge in [0.25, 0.3) is 0 Å². The topological polar surface area (TPSA) is 30.5 Å². The average molecular weight is 265 g/mol. The van der Waals surface area contributed by atoms with Crippen molar-refractivity contribution in [3.8, 4) is 5.75 Å². The standard InChI is InChI=1S/C16H27NO2/c1-13(2)11-17-12-15-6-5-7-16(10-15)19-14(3)8-9-18-4/h5-7,10,13-14,17H,8-9,11-12H2,1-4H3. The molecule has 0 aliphatic rings. The fraction of sp³-hybridized carbons (Fsp3) is 0.625. The second-order valence-corrected chi connectivity index (χ2v) is 5.38. The van der Waals surface area contributed by atoms with Crippen molar-refractivity contribution in [2.45, 2.75) is 39.8 Å². The van der Waals surface area contributed by atoms with Crippen LogP contribution in [0.2, 0.25) is 0 Å². The molecule has 3 nitrogen and oxygen atoms in total. The maximum atomic E-state index is 5.88. The molecule has 0 fully saturated rings. The molecule has 1 atom stereocenters. The first kappa shape index (κ1) is 16.0. The smallest absolute Gasteiger partial charge is 0.120 e. The van der Waals surface area contributed by atoms with Crippen molar-refractivity contribution in [3.63, 3.8) is 0 Å². The Bertz CT molecular complexity index is 352. The summed E-state index contributed by atoms with van der Waals surface area (Å²) in [7, 11) is 1.72. The molecule has 0 saturated carbocycles. The van der Waals surface area contributed by atoms with Crippen LogP contribution in [0.3, 0.4) is 0 Å². The number of rotatable bonds is 9. The van der Waals surface area contributed by atoms with E-state index in [9.17, 15) is 0 Å². The molecule has 1 rings (SSSR count). The summed E-state index contributed by atoms with van der Waals surface area (Å²) in [6.07, 6.45) is 1.09. The number of ether oxygens (including phenoxy) is 2. The molecule has 0 aliphatic heterocycles. The first-order valence-electron chi connectivity index (χ1n) is 7.07. The van der Waals surface area contributed by atoms with Crippen LogP contribution >= 0.6 is 0 Å². The van der Waals surface area contributed by atoms with Crippen LogP contribution < -0.4 is 10.1 Å². The van der Waals surface area contributed by atoms with Crippen molar-refractivity contribution in [2.24, 2.45) is 5.92 Å². The molecule has 0 saturated heterocycles. The third kappa shape index (κ3) is 7.19. The van der Waals surface area contributed by atoms with Gasteiger partial charge in [-0.3, -0.25) is 0 Å². The summed E-state index contributed by atoms with van der Waals surface area (Å²) < 4.78 is 10.9. The van der Waals surface area contributed by atoms with Gasteiger partial charge >= 0.3 is 0 Å². The molecule has 1 N–H and O–H groups in total. The second-order valence-electron chi connectivity index (χ2n) is 5.38. The van der Waals surface area contributed by atoms with E-state index in [0.717, 1.165) is 31.9 Å². The summed E-state index contributed by atoms with van der Waals surface area (Å²) in [5.41, 5.74) is 1.26. The Hall–Kier alpha value is -1.06. The van der Waals surface area contributed by atoms with Gasteiger partial charge in [0.1, 0.15) is 5.75 Å². The summed E-state index contributed by atoms with van der Waals surface area (Å²) in [5.74, 6) is 1.61. The van der Waals surface area contributed by atoms with Gasteiger partial charge in [-0.1, -0.05) is 26.0 Å². The number of nitrogens with one attached hydrogen (secondary N) is 1. The third-order valence-corrected chi connectivity index (χ3v) is 2.85. The zero-order chi connectivity index (χ0) is 14.1. The van der Waals surface area contributed by atoms with E-state index in [2.05, 4.69) is 38.2 Å². The van der Waals surface area contributed by atoms with Gasteiger partial charge in [-0.05, 0) is 37.1 Å². The van der Waals surface area contributed by atoms with Crippen molar-refractivity contribution in [1.82, 2.24) is 5.32 Å². The Morgan fingerprint density at radius 3 is 2.68 bits per heavy atom. The summed E-state index contributed by atoms with van der Waals surface area (Å²) >= 11 is 0. The lowest BCUT2D eigenvalue weighted by Gasteiger charge is -2.15. The Morgan fingerprint density at radius 1 is 1.21 bits per heavy atom. The van der Waals surface area contributed by atoms with Crippen LogP contribution in [0, 0.1) is 5.92 Å². The molecular formula is C16H27NO2. The maximum absolute atomic E-state index is 5.88. The highest BCUT2D eigenvalue weighted by Gasteiger charge is 2.04. The maximum Gasteiger partial charge on any atom is 0.120 e. The lowest BCUT2D eigenvalue weighted by atomic mass is 10.2. The first-order chi connectivity index (χ1) is 9.11. The molecule has 0 aliphatic carbocycles. The third-order valence-electron chi connectivity index (χ3n) is 2.85. The lowest BCUT2D eigenvalue weighted by molar-refractivity contribution is 0.135. The predicted octanol–water partition coefficient (Wildman–Crippen LogP) is 3.24. The fourth-order valence-electron chi connectivity index (χ4n) is 1.81. The molecule has 0 radical (unpaired) electrons. The van der Waals surface area contributed by atoms with E-state index in [1.165, 1.54) is 5.56 Å². The molecule has 1 aromatic rings. The minimum Gasteiger partial charge on any atom is -0.491 e. The molecule has 108 valence electrons. The second kappa shape index (κ2) is 8.94. The highest BCUT2D eigenvalue weighted by molar-refractivity contribution is 5.28. The zero-order valence-electron chi connectivity index (χ0n) is 12.6. The molecule has 0 aromatic heterocycles. The van der Waals surface area contributed by atoms with Gasteiger partial charge in [-0.2, -0.15) is 0 Å².